The number of aromatic nitrogens is 10. The minimum atomic E-state index is -4.56. The maximum atomic E-state index is 14.8. The van der Waals surface area contributed by atoms with E-state index in [1.807, 2.05) is 48.7 Å². The van der Waals surface area contributed by atoms with Crippen LogP contribution in [0.5, 0.6) is 5.75 Å². The fourth-order valence-electron chi connectivity index (χ4n) is 20.0. The molecule has 7 aromatic heterocycles. The summed E-state index contributed by atoms with van der Waals surface area (Å²) in [5.41, 5.74) is 4.48. The zero-order valence-electron chi connectivity index (χ0n) is 61.0. The highest BCUT2D eigenvalue weighted by Crippen LogP contribution is 2.58. The Morgan fingerprint density at radius 1 is 0.682 bits per heavy atom. The van der Waals surface area contributed by atoms with Crippen molar-refractivity contribution in [1.29, 1.82) is 5.26 Å². The number of piperidine rings is 1. The summed E-state index contributed by atoms with van der Waals surface area (Å²) in [6.45, 7) is 4.85. The molecule has 2 saturated carbocycles. The summed E-state index contributed by atoms with van der Waals surface area (Å²) in [4.78, 5) is 111. The van der Waals surface area contributed by atoms with E-state index < -0.39 is 46.8 Å². The molecule has 30 heteroatoms. The summed E-state index contributed by atoms with van der Waals surface area (Å²) in [5.74, 6) is 0.0699. The number of ether oxygens (including phenoxy) is 1. The molecular weight excluding hydrogens is 1410 g/mol. The number of rotatable bonds is 17. The van der Waals surface area contributed by atoms with Crippen LogP contribution in [0.1, 0.15) is 142 Å². The van der Waals surface area contributed by atoms with Crippen LogP contribution in [0.4, 0.5) is 46.5 Å². The maximum absolute atomic E-state index is 14.8. The smallest absolute Gasteiger partial charge is 0.433 e. The molecule has 8 aliphatic rings. The lowest BCUT2D eigenvalue weighted by Crippen LogP contribution is -2.80. The van der Waals surface area contributed by atoms with Crippen LogP contribution in [-0.4, -0.2) is 164 Å². The van der Waals surface area contributed by atoms with Crippen molar-refractivity contribution >= 4 is 102 Å². The van der Waals surface area contributed by atoms with Gasteiger partial charge in [0.25, 0.3) is 5.91 Å². The van der Waals surface area contributed by atoms with Crippen molar-refractivity contribution in [2.45, 2.75) is 150 Å². The molecule has 3 aromatic carbocycles. The fourth-order valence-corrected chi connectivity index (χ4v) is 20.0. The average molecular weight is 1490 g/mol. The highest BCUT2D eigenvalue weighted by molar-refractivity contribution is 6.11. The van der Waals surface area contributed by atoms with E-state index in [4.69, 9.17) is 19.9 Å². The van der Waals surface area contributed by atoms with Crippen LogP contribution in [0.3, 0.4) is 0 Å². The van der Waals surface area contributed by atoms with E-state index >= 15 is 0 Å². The Labute approximate surface area is 629 Å². The molecule has 2 aliphatic carbocycles. The summed E-state index contributed by atoms with van der Waals surface area (Å²) >= 11 is 0. The van der Waals surface area contributed by atoms with Crippen molar-refractivity contribution in [2.24, 2.45) is 18.9 Å². The molecule has 6 aliphatic heterocycles. The number of hydrogen-bond acceptors (Lipinski definition) is 19. The monoisotopic (exact) mass is 1490 g/mol. The van der Waals surface area contributed by atoms with Gasteiger partial charge in [-0.05, 0) is 144 Å². The lowest BCUT2D eigenvalue weighted by Gasteiger charge is -2.64. The van der Waals surface area contributed by atoms with Crippen LogP contribution in [0.15, 0.2) is 127 Å². The van der Waals surface area contributed by atoms with Gasteiger partial charge < -0.3 is 25.2 Å². The first kappa shape index (κ1) is 70.4. The third-order valence-electron chi connectivity index (χ3n) is 25.3. The number of halogens is 3. The van der Waals surface area contributed by atoms with Crippen LogP contribution in [0.25, 0.3) is 43.6 Å². The number of carbonyl (C=O) groups excluding carboxylic acids is 5. The topological polar surface area (TPSA) is 297 Å². The second-order valence-electron chi connectivity index (χ2n) is 31.3. The van der Waals surface area contributed by atoms with Gasteiger partial charge in [0.15, 0.2) is 0 Å². The number of nitriles is 1. The minimum Gasteiger partial charge on any atom is -0.494 e. The Hall–Kier alpha value is -11.3. The van der Waals surface area contributed by atoms with Crippen LogP contribution >= 0.6 is 0 Å². The number of methoxy groups -OCH3 is 1. The molecule has 6 saturated heterocycles. The number of aryl methyl sites for hydroxylation is 1. The second kappa shape index (κ2) is 27.7. The number of piperazine rings is 2. The molecule has 18 rings (SSSR count). The van der Waals surface area contributed by atoms with Gasteiger partial charge in [-0.3, -0.25) is 73.0 Å². The molecule has 4 bridgehead atoms. The van der Waals surface area contributed by atoms with E-state index in [-0.39, 0.29) is 90.8 Å². The minimum absolute atomic E-state index is 0.0596. The zero-order chi connectivity index (χ0) is 75.5. The molecule has 566 valence electrons. The Kier molecular flexibility index (Phi) is 17.7. The van der Waals surface area contributed by atoms with Crippen molar-refractivity contribution in [3.05, 3.63) is 155 Å². The van der Waals surface area contributed by atoms with Gasteiger partial charge in [0.1, 0.15) is 34.9 Å². The molecule has 10 aromatic rings. The third-order valence-corrected chi connectivity index (χ3v) is 25.3. The number of nitrogens with one attached hydrogen (secondary N) is 4. The van der Waals surface area contributed by atoms with E-state index in [1.54, 1.807) is 46.7 Å². The molecule has 5 atom stereocenters. The van der Waals surface area contributed by atoms with Crippen molar-refractivity contribution < 1.29 is 41.9 Å². The number of carbonyl (C=O) groups is 5. The number of hydrogen-bond donors (Lipinski definition) is 4. The molecule has 0 spiro atoms. The number of para-hydroxylation sites is 1. The van der Waals surface area contributed by atoms with E-state index in [0.29, 0.717) is 59.9 Å². The summed E-state index contributed by atoms with van der Waals surface area (Å²) in [6, 6.07) is 24.6. The first-order valence-electron chi connectivity index (χ1n) is 38.2. The lowest BCUT2D eigenvalue weighted by atomic mass is 9.69. The summed E-state index contributed by atoms with van der Waals surface area (Å²) in [7, 11) is 3.34. The lowest BCUT2D eigenvalue weighted by molar-refractivity contribution is -0.141. The maximum Gasteiger partial charge on any atom is 0.433 e. The molecule has 13 heterocycles. The van der Waals surface area contributed by atoms with Gasteiger partial charge in [0.05, 0.1) is 99.6 Å². The highest BCUT2D eigenvalue weighted by atomic mass is 19.4. The van der Waals surface area contributed by atoms with Crippen LogP contribution in [0, 0.1) is 23.2 Å². The third kappa shape index (κ3) is 12.4. The molecule has 6 amide bonds. The predicted octanol–water partition coefficient (Wildman–Crippen LogP) is 10.6. The Balaban J connectivity index is 0.679. The molecular formula is C80H83F3N20O7. The molecule has 4 N–H and O–H groups in total. The van der Waals surface area contributed by atoms with Crippen molar-refractivity contribution in [3.8, 4) is 11.8 Å². The Morgan fingerprint density at radius 2 is 1.34 bits per heavy atom. The Morgan fingerprint density at radius 3 is 2.02 bits per heavy atom. The van der Waals surface area contributed by atoms with Gasteiger partial charge in [0.2, 0.25) is 17.7 Å². The molecule has 110 heavy (non-hydrogen) atoms. The largest absolute Gasteiger partial charge is 0.494 e. The van der Waals surface area contributed by atoms with Crippen LogP contribution in [-0.2, 0) is 34.2 Å². The van der Waals surface area contributed by atoms with Gasteiger partial charge >= 0.3 is 17.9 Å². The van der Waals surface area contributed by atoms with Crippen LogP contribution in [0.2, 0.25) is 0 Å². The van der Waals surface area contributed by atoms with Gasteiger partial charge in [-0.25, -0.2) is 19.6 Å². The van der Waals surface area contributed by atoms with E-state index in [2.05, 4.69) is 95.8 Å². The van der Waals surface area contributed by atoms with E-state index in [9.17, 15) is 47.2 Å². The van der Waals surface area contributed by atoms with E-state index in [0.717, 1.165) is 152 Å². The Bertz CT molecular complexity index is 5480. The normalized spacial score (nSPS) is 25.4. The number of anilines is 5. The van der Waals surface area contributed by atoms with Crippen LogP contribution < -0.4 is 46.4 Å². The number of pyridine rings is 4. The van der Waals surface area contributed by atoms with Gasteiger partial charge in [-0.2, -0.15) is 28.6 Å². The van der Waals surface area contributed by atoms with Gasteiger partial charge in [0, 0.05) is 142 Å². The fraction of sp³-hybridized carbons (Fsp3) is 0.438. The number of nitrogens with zero attached hydrogens (tertiary/aromatic N) is 16. The van der Waals surface area contributed by atoms with Gasteiger partial charge in [-0.1, -0.05) is 24.3 Å². The first-order chi connectivity index (χ1) is 53.3. The number of imide groups is 2. The summed E-state index contributed by atoms with van der Waals surface area (Å²) < 4.78 is 53.8. The van der Waals surface area contributed by atoms with Crippen molar-refractivity contribution in [1.82, 2.24) is 69.1 Å². The number of urea groups is 1. The molecule has 27 nitrogen and oxygen atoms in total. The quantitative estimate of drug-likeness (QED) is 0.0616. The predicted molar refractivity (Wildman–Crippen MR) is 404 cm³/mol. The summed E-state index contributed by atoms with van der Waals surface area (Å²) in [6.07, 6.45) is 19.4. The second-order valence-corrected chi connectivity index (χ2v) is 31.3. The number of fused-ring (bicyclic) bond motifs is 9. The number of alkyl halides is 3. The van der Waals surface area contributed by atoms with Gasteiger partial charge in [-0.15, -0.1) is 0 Å². The average Bonchev–Trinajstić information content (AvgIpc) is 1.49. The standard InChI is InChI=1S/C80H83F3N20O7/c1-95-73-64(9-5-10-65(73)103(77(95)109)66-20-21-71(104)91-75(66)107)97-44-57-23-26-79(46-97,100(57)40-48-14-18-55(19-15-48)102-42-52-30-70(88-37-62(52)94-102)87-35-53-6-3-11-69(89-53)80(81,82)83)78-25-22-56(43-96(45-78)63-8-4-7-58-59(63)36-86-38-67(58)98-27-24-72(105)92-76(98)108)99(78)39-47-12-16-54(17-13-47)101-41-51-29-61(68(110-2)31-60(51)93-101)90-74(106)50-28-49(32-84)33-85-34-50/h3-11,28-31,33-34,36-38,41-42,47-48,54-57,66,87H,12-27,35,39-40,43-46H2,1-2H3,(H,90,106)(H,91,104,107)(H,92,105,108)/t47-,48-,54-,55-,56?,57?,66?,78?,79?. The summed E-state index contributed by atoms with van der Waals surface area (Å²) in [5, 5.41) is 34.3. The van der Waals surface area contributed by atoms with Crippen molar-refractivity contribution in [2.75, 3.05) is 78.3 Å². The highest BCUT2D eigenvalue weighted by Gasteiger charge is 2.69. The number of benzene rings is 3. The van der Waals surface area contributed by atoms with Crippen molar-refractivity contribution in [3.63, 3.8) is 0 Å². The number of amides is 6. The molecule has 8 fully saturated rings. The zero-order valence-corrected chi connectivity index (χ0v) is 61.0. The number of imidazole rings is 1. The molecule has 0 radical (unpaired) electrons. The van der Waals surface area contributed by atoms with E-state index in [1.165, 1.54) is 24.5 Å². The SMILES string of the molecule is COc1cc2nn([C@H]3CC[C@H](CN4C5CCC4(C46CCC(CN(c7cccc8c7n(C)c(=O)n8C7CCC(=O)NC7=O)C4)N6C[C@H]4CC[C@H](n6cc7cc(NCc8cccc(C(F)(F)F)n8)ncc7n6)CC4)CN(c4cccc6c(N7CCC(=O)NC7=O)cncc46)C5)CC3)cc2cc1NC(=O)c1cncc(C#N)c1. The molecule has 5 unspecified atom stereocenters. The first-order valence-corrected chi connectivity index (χ1v) is 38.2.